The quantitative estimate of drug-likeness (QED) is 0.909. The lowest BCUT2D eigenvalue weighted by atomic mass is 10.0. The molecule has 112 valence electrons. The van der Waals surface area contributed by atoms with Crippen LogP contribution in [0, 0.1) is 11.3 Å². The topological polar surface area (TPSA) is 65.3 Å². The highest BCUT2D eigenvalue weighted by molar-refractivity contribution is 5.38. The summed E-state index contributed by atoms with van der Waals surface area (Å²) in [4.78, 5) is 0. The fourth-order valence-corrected chi connectivity index (χ4v) is 2.96. The van der Waals surface area contributed by atoms with Crippen LogP contribution in [-0.2, 0) is 6.42 Å². The lowest BCUT2D eigenvalue weighted by molar-refractivity contribution is 0.138. The molecule has 3 rings (SSSR count). The number of ether oxygens (including phenoxy) is 1. The Kier molecular flexibility index (Phi) is 4.10. The minimum absolute atomic E-state index is 0.219. The molecule has 3 atom stereocenters. The summed E-state index contributed by atoms with van der Waals surface area (Å²) < 4.78 is 5.14. The second kappa shape index (κ2) is 6.18. The van der Waals surface area contributed by atoms with Crippen molar-refractivity contribution in [1.29, 1.82) is 5.26 Å². The van der Waals surface area contributed by atoms with Crippen LogP contribution >= 0.6 is 0 Å². The first kappa shape index (κ1) is 14.6. The average molecular weight is 294 g/mol. The maximum atomic E-state index is 10.3. The highest BCUT2D eigenvalue weighted by atomic mass is 16.5. The van der Waals surface area contributed by atoms with Crippen LogP contribution in [0.5, 0.6) is 5.75 Å². The number of aliphatic hydroxyl groups excluding tert-OH is 1. The van der Waals surface area contributed by atoms with Gasteiger partial charge in [-0.1, -0.05) is 36.4 Å². The SMILES string of the molecule is COc1ccc([C@@H](C#N)N[C@H]2c3ccccc3C[C@H]2O)cc1. The number of methoxy groups -OCH3 is 1. The van der Waals surface area contributed by atoms with Gasteiger partial charge in [0.25, 0.3) is 0 Å². The number of nitriles is 1. The third kappa shape index (κ3) is 2.69. The molecule has 0 fully saturated rings. The molecule has 2 aromatic rings. The number of aliphatic hydroxyl groups is 1. The first-order valence-electron chi connectivity index (χ1n) is 7.28. The number of nitrogens with zero attached hydrogens (tertiary/aromatic N) is 1. The van der Waals surface area contributed by atoms with Crippen molar-refractivity contribution in [1.82, 2.24) is 5.32 Å². The number of benzene rings is 2. The first-order valence-corrected chi connectivity index (χ1v) is 7.28. The van der Waals surface area contributed by atoms with Gasteiger partial charge in [-0.15, -0.1) is 0 Å². The van der Waals surface area contributed by atoms with E-state index in [2.05, 4.69) is 11.4 Å². The van der Waals surface area contributed by atoms with Crippen molar-refractivity contribution < 1.29 is 9.84 Å². The Morgan fingerprint density at radius 3 is 2.64 bits per heavy atom. The molecule has 0 unspecified atom stereocenters. The zero-order valence-corrected chi connectivity index (χ0v) is 12.4. The molecule has 1 aliphatic rings. The van der Waals surface area contributed by atoms with Crippen molar-refractivity contribution in [2.75, 3.05) is 7.11 Å². The number of hydrogen-bond donors (Lipinski definition) is 2. The molecule has 0 heterocycles. The number of hydrogen-bond acceptors (Lipinski definition) is 4. The van der Waals surface area contributed by atoms with Gasteiger partial charge in [0.05, 0.1) is 25.3 Å². The zero-order valence-electron chi connectivity index (χ0n) is 12.4. The van der Waals surface area contributed by atoms with Crippen molar-refractivity contribution in [3.05, 3.63) is 65.2 Å². The Morgan fingerprint density at radius 1 is 1.23 bits per heavy atom. The summed E-state index contributed by atoms with van der Waals surface area (Å²) in [5.41, 5.74) is 3.07. The van der Waals surface area contributed by atoms with E-state index in [4.69, 9.17) is 4.74 Å². The van der Waals surface area contributed by atoms with Crippen molar-refractivity contribution in [2.24, 2.45) is 0 Å². The molecule has 0 radical (unpaired) electrons. The van der Waals surface area contributed by atoms with Crippen molar-refractivity contribution >= 4 is 0 Å². The molecule has 4 nitrogen and oxygen atoms in total. The highest BCUT2D eigenvalue weighted by Crippen LogP contribution is 2.33. The van der Waals surface area contributed by atoms with Gasteiger partial charge in [-0.25, -0.2) is 0 Å². The van der Waals surface area contributed by atoms with Gasteiger partial charge in [-0.05, 0) is 28.8 Å². The van der Waals surface area contributed by atoms with Crippen LogP contribution in [0.15, 0.2) is 48.5 Å². The molecule has 1 aliphatic carbocycles. The van der Waals surface area contributed by atoms with E-state index >= 15 is 0 Å². The van der Waals surface area contributed by atoms with Gasteiger partial charge in [0.2, 0.25) is 0 Å². The maximum Gasteiger partial charge on any atom is 0.121 e. The standard InChI is InChI=1S/C18H18N2O2/c1-22-14-8-6-12(7-9-14)16(11-19)20-18-15-5-3-2-4-13(15)10-17(18)21/h2-9,16-18,20-21H,10H2,1H3/t16-,17-,18+/m1/s1. The molecule has 0 bridgehead atoms. The Hall–Kier alpha value is -2.35. The second-order valence-corrected chi connectivity index (χ2v) is 5.45. The summed E-state index contributed by atoms with van der Waals surface area (Å²) in [5, 5.41) is 23.0. The molecule has 0 spiro atoms. The first-order chi connectivity index (χ1) is 10.7. The van der Waals surface area contributed by atoms with Gasteiger partial charge in [0.1, 0.15) is 11.8 Å². The van der Waals surface area contributed by atoms with Gasteiger partial charge >= 0.3 is 0 Å². The molecular weight excluding hydrogens is 276 g/mol. The number of fused-ring (bicyclic) bond motifs is 1. The van der Waals surface area contributed by atoms with Crippen LogP contribution in [0.3, 0.4) is 0 Å². The van der Waals surface area contributed by atoms with E-state index < -0.39 is 12.1 Å². The fraction of sp³-hybridized carbons (Fsp3) is 0.278. The largest absolute Gasteiger partial charge is 0.497 e. The van der Waals surface area contributed by atoms with E-state index in [9.17, 15) is 10.4 Å². The van der Waals surface area contributed by atoms with Crippen LogP contribution in [0.1, 0.15) is 28.8 Å². The predicted molar refractivity (Wildman–Crippen MR) is 83.4 cm³/mol. The number of rotatable bonds is 4. The maximum absolute atomic E-state index is 10.3. The Bertz CT molecular complexity index is 691. The van der Waals surface area contributed by atoms with E-state index in [1.165, 1.54) is 0 Å². The molecular formula is C18H18N2O2. The van der Waals surface area contributed by atoms with E-state index in [0.717, 1.165) is 22.4 Å². The van der Waals surface area contributed by atoms with E-state index in [0.29, 0.717) is 6.42 Å². The van der Waals surface area contributed by atoms with Crippen LogP contribution in [0.4, 0.5) is 0 Å². The molecule has 22 heavy (non-hydrogen) atoms. The molecule has 0 aromatic heterocycles. The third-order valence-corrected chi connectivity index (χ3v) is 4.13. The third-order valence-electron chi connectivity index (χ3n) is 4.13. The molecule has 0 saturated heterocycles. The molecule has 0 amide bonds. The molecule has 0 aliphatic heterocycles. The van der Waals surface area contributed by atoms with E-state index in [1.54, 1.807) is 7.11 Å². The van der Waals surface area contributed by atoms with Crippen LogP contribution < -0.4 is 10.1 Å². The predicted octanol–water partition coefficient (Wildman–Crippen LogP) is 2.51. The van der Waals surface area contributed by atoms with Crippen molar-refractivity contribution in [2.45, 2.75) is 24.6 Å². The molecule has 2 N–H and O–H groups in total. The Morgan fingerprint density at radius 2 is 1.95 bits per heavy atom. The van der Waals surface area contributed by atoms with Gasteiger partial charge in [0.15, 0.2) is 0 Å². The summed E-state index contributed by atoms with van der Waals surface area (Å²) in [6.45, 7) is 0. The Balaban J connectivity index is 1.82. The van der Waals surface area contributed by atoms with E-state index in [1.807, 2.05) is 48.5 Å². The summed E-state index contributed by atoms with van der Waals surface area (Å²) in [5.74, 6) is 0.756. The molecule has 0 saturated carbocycles. The van der Waals surface area contributed by atoms with Gasteiger partial charge in [0, 0.05) is 6.42 Å². The monoisotopic (exact) mass is 294 g/mol. The summed E-state index contributed by atoms with van der Waals surface area (Å²) >= 11 is 0. The zero-order chi connectivity index (χ0) is 15.5. The summed E-state index contributed by atoms with van der Waals surface area (Å²) in [6.07, 6.45) is 0.112. The smallest absolute Gasteiger partial charge is 0.121 e. The lowest BCUT2D eigenvalue weighted by Gasteiger charge is -2.22. The second-order valence-electron chi connectivity index (χ2n) is 5.45. The van der Waals surface area contributed by atoms with Crippen molar-refractivity contribution in [3.63, 3.8) is 0 Å². The molecule has 2 aromatic carbocycles. The van der Waals surface area contributed by atoms with Crippen LogP contribution in [0.2, 0.25) is 0 Å². The summed E-state index contributed by atoms with van der Waals surface area (Å²) in [6, 6.07) is 16.9. The fourth-order valence-electron chi connectivity index (χ4n) is 2.96. The minimum Gasteiger partial charge on any atom is -0.497 e. The van der Waals surface area contributed by atoms with Gasteiger partial charge in [-0.2, -0.15) is 5.26 Å². The average Bonchev–Trinajstić information content (AvgIpc) is 2.88. The normalized spacial score (nSPS) is 21.0. The summed E-state index contributed by atoms with van der Waals surface area (Å²) in [7, 11) is 1.61. The molecule has 4 heteroatoms. The van der Waals surface area contributed by atoms with Gasteiger partial charge in [-0.3, -0.25) is 5.32 Å². The van der Waals surface area contributed by atoms with Crippen molar-refractivity contribution in [3.8, 4) is 11.8 Å². The van der Waals surface area contributed by atoms with Crippen LogP contribution in [0.25, 0.3) is 0 Å². The van der Waals surface area contributed by atoms with Gasteiger partial charge < -0.3 is 9.84 Å². The van der Waals surface area contributed by atoms with E-state index in [-0.39, 0.29) is 6.04 Å². The Labute approximate surface area is 130 Å². The minimum atomic E-state index is -0.508. The highest BCUT2D eigenvalue weighted by Gasteiger charge is 2.32. The van der Waals surface area contributed by atoms with Crippen LogP contribution in [-0.4, -0.2) is 18.3 Å². The number of nitrogens with one attached hydrogen (secondary N) is 1. The lowest BCUT2D eigenvalue weighted by Crippen LogP contribution is -2.31.